The Labute approximate surface area is 201 Å². The highest BCUT2D eigenvalue weighted by atomic mass is 19.4. The lowest BCUT2D eigenvalue weighted by Gasteiger charge is -2.39. The van der Waals surface area contributed by atoms with Crippen molar-refractivity contribution in [1.82, 2.24) is 24.7 Å². The van der Waals surface area contributed by atoms with Crippen LogP contribution in [0.15, 0.2) is 36.9 Å². The molecule has 188 valence electrons. The molecule has 0 spiro atoms. The molecule has 0 saturated heterocycles. The Morgan fingerprint density at radius 3 is 2.54 bits per heavy atom. The zero-order valence-corrected chi connectivity index (χ0v) is 19.0. The topological polar surface area (TPSA) is 101 Å². The van der Waals surface area contributed by atoms with E-state index >= 15 is 0 Å². The highest BCUT2D eigenvalue weighted by Gasteiger charge is 2.35. The Balaban J connectivity index is 0.00000342. The van der Waals surface area contributed by atoms with E-state index in [2.05, 4.69) is 30.7 Å². The van der Waals surface area contributed by atoms with Crippen LogP contribution in [-0.2, 0) is 24.1 Å². The van der Waals surface area contributed by atoms with Crippen LogP contribution in [0.4, 0.5) is 30.6 Å². The van der Waals surface area contributed by atoms with Crippen LogP contribution >= 0.6 is 0 Å². The number of nitrogens with zero attached hydrogens (tertiary/aromatic N) is 6. The molecule has 0 aliphatic carbocycles. The number of hydrogen-bond donors (Lipinski definition) is 2. The maximum Gasteiger partial charge on any atom is 0.433 e. The van der Waals surface area contributed by atoms with Crippen LogP contribution in [0.1, 0.15) is 51.4 Å². The third kappa shape index (κ3) is 5.69. The average molecular weight is 491 g/mol. The van der Waals surface area contributed by atoms with Gasteiger partial charge in [-0.15, -0.1) is 0 Å². The maximum atomic E-state index is 12.7. The third-order valence-electron chi connectivity index (χ3n) is 5.45. The second-order valence-corrected chi connectivity index (χ2v) is 8.29. The van der Waals surface area contributed by atoms with Gasteiger partial charge in [0.05, 0.1) is 18.9 Å². The van der Waals surface area contributed by atoms with E-state index in [4.69, 9.17) is 0 Å². The largest absolute Gasteiger partial charge is 0.433 e. The van der Waals surface area contributed by atoms with Crippen molar-refractivity contribution < 1.29 is 18.0 Å². The van der Waals surface area contributed by atoms with Gasteiger partial charge in [-0.1, -0.05) is 20.4 Å². The lowest BCUT2D eigenvalue weighted by Crippen LogP contribution is -2.51. The summed E-state index contributed by atoms with van der Waals surface area (Å²) in [5.41, 5.74) is 1.11. The molecule has 0 radical (unpaired) electrons. The number of pyridine rings is 1. The van der Waals surface area contributed by atoms with Crippen LogP contribution in [0.2, 0.25) is 0 Å². The van der Waals surface area contributed by atoms with E-state index in [-0.39, 0.29) is 25.4 Å². The summed E-state index contributed by atoms with van der Waals surface area (Å²) in [7, 11) is 0. The van der Waals surface area contributed by atoms with Crippen LogP contribution < -0.4 is 15.5 Å². The second-order valence-electron chi connectivity index (χ2n) is 8.29. The van der Waals surface area contributed by atoms with E-state index in [0.29, 0.717) is 42.5 Å². The van der Waals surface area contributed by atoms with Crippen molar-refractivity contribution in [2.45, 2.75) is 66.0 Å². The molecule has 9 nitrogen and oxygen atoms in total. The zero-order valence-electron chi connectivity index (χ0n) is 19.0. The molecule has 2 N–H and O–H groups in total. The smallest absolute Gasteiger partial charge is 0.350 e. The molecule has 0 bridgehead atoms. The molecule has 4 heterocycles. The standard InChI is InChI=1S/C22H25F3N8O.CH4/c1-4-17-20(34)30-16-10-28-21(31-19(16)33(17)13(2)3)27-8-15-9-29-32(12-15)11-14-5-6-18(26-7-14)22(23,24)25;/h5-7,9-10,12-13,17H,4,8,11H2,1-3H3,(H,30,34)(H,27,28,31);1H4/t17-;/m1./s1. The first-order valence-corrected chi connectivity index (χ1v) is 10.9. The van der Waals surface area contributed by atoms with Crippen LogP contribution in [0, 0.1) is 0 Å². The minimum absolute atomic E-state index is 0. The van der Waals surface area contributed by atoms with E-state index in [1.54, 1.807) is 23.3 Å². The van der Waals surface area contributed by atoms with Crippen molar-refractivity contribution in [2.75, 3.05) is 15.5 Å². The summed E-state index contributed by atoms with van der Waals surface area (Å²) >= 11 is 0. The molecular weight excluding hydrogens is 461 g/mol. The highest BCUT2D eigenvalue weighted by molar-refractivity contribution is 6.02. The summed E-state index contributed by atoms with van der Waals surface area (Å²) in [6.07, 6.45) is 2.44. The SMILES string of the molecule is C.CC[C@@H]1C(=O)Nc2cnc(NCc3cnn(Cc4ccc(C(F)(F)F)nc4)c3)nc2N1C(C)C. The van der Waals surface area contributed by atoms with Gasteiger partial charge in [-0.2, -0.15) is 23.3 Å². The number of rotatable bonds is 7. The molecule has 12 heteroatoms. The van der Waals surface area contributed by atoms with Gasteiger partial charge in [-0.3, -0.25) is 14.5 Å². The van der Waals surface area contributed by atoms with Crippen molar-refractivity contribution >= 4 is 23.4 Å². The lowest BCUT2D eigenvalue weighted by atomic mass is 10.1. The minimum atomic E-state index is -4.46. The highest BCUT2D eigenvalue weighted by Crippen LogP contribution is 2.33. The van der Waals surface area contributed by atoms with Crippen LogP contribution in [0.25, 0.3) is 0 Å². The molecule has 0 saturated carbocycles. The fraction of sp³-hybridized carbons (Fsp3) is 0.435. The van der Waals surface area contributed by atoms with Crippen molar-refractivity contribution in [1.29, 1.82) is 0 Å². The Morgan fingerprint density at radius 1 is 1.14 bits per heavy atom. The number of amides is 1. The van der Waals surface area contributed by atoms with Crippen molar-refractivity contribution in [3.8, 4) is 0 Å². The lowest BCUT2D eigenvalue weighted by molar-refractivity contribution is -0.141. The molecule has 1 amide bonds. The summed E-state index contributed by atoms with van der Waals surface area (Å²) in [4.78, 5) is 26.8. The molecule has 0 unspecified atom stereocenters. The van der Waals surface area contributed by atoms with Gasteiger partial charge >= 0.3 is 6.18 Å². The third-order valence-corrected chi connectivity index (χ3v) is 5.45. The van der Waals surface area contributed by atoms with Crippen LogP contribution in [-0.4, -0.2) is 42.7 Å². The van der Waals surface area contributed by atoms with Crippen LogP contribution in [0.5, 0.6) is 0 Å². The van der Waals surface area contributed by atoms with Gasteiger partial charge in [0.25, 0.3) is 0 Å². The second kappa shape index (κ2) is 10.3. The van der Waals surface area contributed by atoms with Crippen LogP contribution in [0.3, 0.4) is 0 Å². The van der Waals surface area contributed by atoms with Gasteiger partial charge < -0.3 is 15.5 Å². The number of hydrogen-bond acceptors (Lipinski definition) is 7. The zero-order chi connectivity index (χ0) is 24.5. The monoisotopic (exact) mass is 490 g/mol. The average Bonchev–Trinajstić information content (AvgIpc) is 3.23. The predicted octanol–water partition coefficient (Wildman–Crippen LogP) is 4.33. The number of fused-ring (bicyclic) bond motifs is 1. The van der Waals surface area contributed by atoms with E-state index in [1.807, 2.05) is 25.7 Å². The van der Waals surface area contributed by atoms with Crippen molar-refractivity contribution in [3.63, 3.8) is 0 Å². The number of carbonyl (C=O) groups excluding carboxylic acids is 1. The molecular formula is C23H29F3N8O. The molecule has 3 aromatic rings. The summed E-state index contributed by atoms with van der Waals surface area (Å²) < 4.78 is 39.6. The normalized spacial score (nSPS) is 15.5. The molecule has 4 rings (SSSR count). The van der Waals surface area contributed by atoms with Gasteiger partial charge in [0.15, 0.2) is 5.82 Å². The van der Waals surface area contributed by atoms with E-state index in [9.17, 15) is 18.0 Å². The molecule has 1 aliphatic rings. The number of aromatic nitrogens is 5. The first kappa shape index (κ1) is 25.9. The number of nitrogens with one attached hydrogen (secondary N) is 2. The molecule has 1 aliphatic heterocycles. The number of anilines is 3. The first-order valence-electron chi connectivity index (χ1n) is 10.9. The van der Waals surface area contributed by atoms with Gasteiger partial charge in [-0.05, 0) is 31.9 Å². The van der Waals surface area contributed by atoms with Gasteiger partial charge in [0.2, 0.25) is 11.9 Å². The quantitative estimate of drug-likeness (QED) is 0.508. The Kier molecular flexibility index (Phi) is 7.61. The van der Waals surface area contributed by atoms with Gasteiger partial charge in [0.1, 0.15) is 17.4 Å². The van der Waals surface area contributed by atoms with Gasteiger partial charge in [0, 0.05) is 30.5 Å². The van der Waals surface area contributed by atoms with E-state index in [1.165, 1.54) is 12.3 Å². The number of carbonyl (C=O) groups is 1. The van der Waals surface area contributed by atoms with Crippen molar-refractivity contribution in [2.24, 2.45) is 0 Å². The molecule has 1 atom stereocenters. The minimum Gasteiger partial charge on any atom is -0.350 e. The van der Waals surface area contributed by atoms with E-state index in [0.717, 1.165) is 11.6 Å². The van der Waals surface area contributed by atoms with Gasteiger partial charge in [-0.25, -0.2) is 4.98 Å². The van der Waals surface area contributed by atoms with E-state index < -0.39 is 11.9 Å². The Bertz CT molecular complexity index is 1160. The summed E-state index contributed by atoms with van der Waals surface area (Å²) in [6.45, 7) is 6.68. The Hall–Kier alpha value is -3.70. The fourth-order valence-electron chi connectivity index (χ4n) is 3.86. The number of halogens is 3. The molecule has 35 heavy (non-hydrogen) atoms. The Morgan fingerprint density at radius 2 is 1.91 bits per heavy atom. The maximum absolute atomic E-state index is 12.7. The number of alkyl halides is 3. The fourth-order valence-corrected chi connectivity index (χ4v) is 3.86. The summed E-state index contributed by atoms with van der Waals surface area (Å²) in [5, 5.41) is 10.3. The molecule has 0 aromatic carbocycles. The first-order chi connectivity index (χ1) is 16.2. The van der Waals surface area contributed by atoms with Crippen molar-refractivity contribution in [3.05, 3.63) is 53.7 Å². The molecule has 3 aromatic heterocycles. The predicted molar refractivity (Wildman–Crippen MR) is 127 cm³/mol. The summed E-state index contributed by atoms with van der Waals surface area (Å²) in [5.74, 6) is 1.02. The summed E-state index contributed by atoms with van der Waals surface area (Å²) in [6, 6.07) is 2.13. The molecule has 0 fully saturated rings.